The van der Waals surface area contributed by atoms with Gasteiger partial charge in [0.1, 0.15) is 23.6 Å². The number of piperidine rings is 1. The van der Waals surface area contributed by atoms with Gasteiger partial charge in [-0.1, -0.05) is 48.0 Å². The molecule has 3 aliphatic rings. The van der Waals surface area contributed by atoms with Gasteiger partial charge in [-0.2, -0.15) is 9.97 Å². The molecule has 0 bridgehead atoms. The maximum absolute atomic E-state index is 16.8. The van der Waals surface area contributed by atoms with Gasteiger partial charge in [-0.05, 0) is 77.2 Å². The first kappa shape index (κ1) is 32.2. The Hall–Kier alpha value is -3.38. The van der Waals surface area contributed by atoms with Gasteiger partial charge in [0.15, 0.2) is 15.7 Å². The molecule has 3 fully saturated rings. The van der Waals surface area contributed by atoms with Crippen LogP contribution in [0.15, 0.2) is 54.1 Å². The van der Waals surface area contributed by atoms with E-state index in [1.54, 1.807) is 18.3 Å². The number of hydrogen-bond donors (Lipinski definition) is 0. The standard InChI is InChI=1S/C35H40ClFN6O3S/c1-41(2)16-8-20-47(44,45)25-11-5-17-42(22-25)33-27-21-38-31(26-12-3-9-24-10-4-13-28(36)29(24)26)30(37)32(27)39-34(40-33)46-23-35-14-6-18-43(35)19-7-15-35/h3-4,8-10,12-13,20-21,25H,5-7,11,14-19,22-23H2,1-2H3/b20-8+. The summed E-state index contributed by atoms with van der Waals surface area (Å²) in [5, 5.41) is 3.20. The molecule has 0 radical (unpaired) electrons. The van der Waals surface area contributed by atoms with E-state index in [0.29, 0.717) is 59.7 Å². The first-order valence-electron chi connectivity index (χ1n) is 16.4. The Balaban J connectivity index is 1.30. The van der Waals surface area contributed by atoms with Gasteiger partial charge >= 0.3 is 6.01 Å². The minimum atomic E-state index is -3.52. The third-order valence-corrected chi connectivity index (χ3v) is 12.1. The molecule has 12 heteroatoms. The quantitative estimate of drug-likeness (QED) is 0.208. The van der Waals surface area contributed by atoms with E-state index in [4.69, 9.17) is 21.3 Å². The highest BCUT2D eigenvalue weighted by atomic mass is 35.5. The van der Waals surface area contributed by atoms with Crippen molar-refractivity contribution in [1.82, 2.24) is 24.8 Å². The molecule has 2 aromatic heterocycles. The lowest BCUT2D eigenvalue weighted by Crippen LogP contribution is -2.44. The molecular formula is C35H40ClFN6O3S. The average Bonchev–Trinajstić information content (AvgIpc) is 3.64. The van der Waals surface area contributed by atoms with Gasteiger partial charge in [-0.15, -0.1) is 0 Å². The van der Waals surface area contributed by atoms with Crippen LogP contribution in [0.1, 0.15) is 38.5 Å². The van der Waals surface area contributed by atoms with Gasteiger partial charge in [0.05, 0.1) is 16.2 Å². The largest absolute Gasteiger partial charge is 0.461 e. The Kier molecular flexibility index (Phi) is 8.84. The number of halogens is 2. The molecule has 0 N–H and O–H groups in total. The lowest BCUT2D eigenvalue weighted by molar-refractivity contribution is 0.108. The molecule has 3 aliphatic heterocycles. The fourth-order valence-corrected chi connectivity index (χ4v) is 9.31. The predicted octanol–water partition coefficient (Wildman–Crippen LogP) is 6.10. The van der Waals surface area contributed by atoms with Crippen molar-refractivity contribution in [2.24, 2.45) is 0 Å². The van der Waals surface area contributed by atoms with Gasteiger partial charge in [0.25, 0.3) is 0 Å². The minimum absolute atomic E-state index is 0.0523. The minimum Gasteiger partial charge on any atom is -0.461 e. The summed E-state index contributed by atoms with van der Waals surface area (Å²) in [6.07, 6.45) is 8.78. The third kappa shape index (κ3) is 6.19. The van der Waals surface area contributed by atoms with E-state index in [1.165, 1.54) is 5.41 Å². The molecular weight excluding hydrogens is 639 g/mol. The number of rotatable bonds is 9. The van der Waals surface area contributed by atoms with Gasteiger partial charge in [-0.3, -0.25) is 9.88 Å². The molecule has 4 aromatic rings. The van der Waals surface area contributed by atoms with Crippen LogP contribution in [-0.4, -0.2) is 97.4 Å². The zero-order chi connectivity index (χ0) is 32.8. The molecule has 248 valence electrons. The number of ether oxygens (including phenoxy) is 1. The van der Waals surface area contributed by atoms with Crippen LogP contribution in [-0.2, 0) is 9.84 Å². The van der Waals surface area contributed by atoms with Crippen molar-refractivity contribution in [2.75, 3.05) is 58.3 Å². The Morgan fingerprint density at radius 1 is 1.09 bits per heavy atom. The van der Waals surface area contributed by atoms with Crippen LogP contribution in [0, 0.1) is 5.82 Å². The average molecular weight is 679 g/mol. The van der Waals surface area contributed by atoms with E-state index in [0.717, 1.165) is 44.2 Å². The first-order chi connectivity index (χ1) is 22.6. The Morgan fingerprint density at radius 3 is 2.62 bits per heavy atom. The van der Waals surface area contributed by atoms with Crippen LogP contribution in [0.4, 0.5) is 10.2 Å². The maximum Gasteiger partial charge on any atom is 0.319 e. The summed E-state index contributed by atoms with van der Waals surface area (Å²) >= 11 is 6.62. The highest BCUT2D eigenvalue weighted by molar-refractivity contribution is 7.94. The van der Waals surface area contributed by atoms with Crippen LogP contribution in [0.2, 0.25) is 5.02 Å². The molecule has 0 amide bonds. The van der Waals surface area contributed by atoms with Crippen molar-refractivity contribution < 1.29 is 17.5 Å². The number of aromatic nitrogens is 3. The summed E-state index contributed by atoms with van der Waals surface area (Å²) in [6.45, 7) is 3.85. The molecule has 9 nitrogen and oxygen atoms in total. The topological polar surface area (TPSA) is 91.8 Å². The first-order valence-corrected chi connectivity index (χ1v) is 18.4. The van der Waals surface area contributed by atoms with Crippen molar-refractivity contribution >= 4 is 48.9 Å². The molecule has 3 saturated heterocycles. The number of nitrogens with zero attached hydrogens (tertiary/aromatic N) is 6. The summed E-state index contributed by atoms with van der Waals surface area (Å²) < 4.78 is 49.8. The Morgan fingerprint density at radius 2 is 1.85 bits per heavy atom. The highest BCUT2D eigenvalue weighted by Crippen LogP contribution is 2.40. The molecule has 7 rings (SSSR count). The predicted molar refractivity (Wildman–Crippen MR) is 185 cm³/mol. The Labute approximate surface area is 280 Å². The maximum atomic E-state index is 16.8. The Bertz CT molecular complexity index is 1940. The molecule has 0 spiro atoms. The van der Waals surface area contributed by atoms with E-state index in [-0.39, 0.29) is 29.3 Å². The fraction of sp³-hybridized carbons (Fsp3) is 0.457. The van der Waals surface area contributed by atoms with E-state index in [2.05, 4.69) is 14.9 Å². The second-order valence-corrected chi connectivity index (χ2v) is 15.8. The summed E-state index contributed by atoms with van der Waals surface area (Å²) in [5.41, 5.74) is 0.731. The molecule has 0 aliphatic carbocycles. The summed E-state index contributed by atoms with van der Waals surface area (Å²) in [6, 6.07) is 11.3. The van der Waals surface area contributed by atoms with Crippen LogP contribution < -0.4 is 9.64 Å². The molecule has 1 unspecified atom stereocenters. The van der Waals surface area contributed by atoms with E-state index in [1.807, 2.05) is 54.2 Å². The number of anilines is 1. The van der Waals surface area contributed by atoms with Gasteiger partial charge in [0.2, 0.25) is 0 Å². The molecule has 5 heterocycles. The van der Waals surface area contributed by atoms with Crippen LogP contribution in [0.25, 0.3) is 32.9 Å². The van der Waals surface area contributed by atoms with Crippen molar-refractivity contribution in [2.45, 2.75) is 49.3 Å². The van der Waals surface area contributed by atoms with Crippen molar-refractivity contribution in [1.29, 1.82) is 0 Å². The molecule has 0 saturated carbocycles. The summed E-state index contributed by atoms with van der Waals surface area (Å²) in [4.78, 5) is 20.4. The van der Waals surface area contributed by atoms with E-state index in [9.17, 15) is 8.42 Å². The highest BCUT2D eigenvalue weighted by Gasteiger charge is 2.45. The number of sulfone groups is 1. The van der Waals surface area contributed by atoms with E-state index >= 15 is 4.39 Å². The fourth-order valence-electron chi connectivity index (χ4n) is 7.57. The van der Waals surface area contributed by atoms with Gasteiger partial charge in [0, 0.05) is 47.2 Å². The third-order valence-electron chi connectivity index (χ3n) is 9.93. The lowest BCUT2D eigenvalue weighted by Gasteiger charge is -2.34. The normalized spacial score (nSPS) is 20.2. The second-order valence-electron chi connectivity index (χ2n) is 13.3. The van der Waals surface area contributed by atoms with Gasteiger partial charge < -0.3 is 14.5 Å². The lowest BCUT2D eigenvalue weighted by atomic mass is 9.95. The summed E-state index contributed by atoms with van der Waals surface area (Å²) in [5.74, 6) is -0.166. The number of likely N-dealkylation sites (N-methyl/N-ethyl adjacent to an activating group) is 1. The van der Waals surface area contributed by atoms with Crippen LogP contribution >= 0.6 is 11.6 Å². The molecule has 2 aromatic carbocycles. The molecule has 47 heavy (non-hydrogen) atoms. The zero-order valence-electron chi connectivity index (χ0n) is 26.8. The van der Waals surface area contributed by atoms with Crippen molar-refractivity contribution in [3.8, 4) is 17.3 Å². The zero-order valence-corrected chi connectivity index (χ0v) is 28.4. The smallest absolute Gasteiger partial charge is 0.319 e. The number of pyridine rings is 1. The molecule has 1 atom stereocenters. The van der Waals surface area contributed by atoms with Crippen LogP contribution in [0.3, 0.4) is 0 Å². The van der Waals surface area contributed by atoms with E-state index < -0.39 is 20.9 Å². The number of hydrogen-bond acceptors (Lipinski definition) is 9. The summed E-state index contributed by atoms with van der Waals surface area (Å²) in [7, 11) is 0.262. The second kappa shape index (κ2) is 12.9. The van der Waals surface area contributed by atoms with Crippen molar-refractivity contribution in [3.63, 3.8) is 0 Å². The SMILES string of the molecule is CN(C)C/C=C/S(=O)(=O)C1CCCN(c2nc(OCC34CCCN3CCC4)nc3c(F)c(-c4cccc5cccc(Cl)c45)ncc23)C1. The van der Waals surface area contributed by atoms with Gasteiger partial charge in [-0.25, -0.2) is 12.8 Å². The number of benzene rings is 2. The van der Waals surface area contributed by atoms with Crippen molar-refractivity contribution in [3.05, 3.63) is 64.9 Å². The van der Waals surface area contributed by atoms with Crippen LogP contribution in [0.5, 0.6) is 6.01 Å². The monoisotopic (exact) mass is 678 g/mol. The number of fused-ring (bicyclic) bond motifs is 3.